The lowest BCUT2D eigenvalue weighted by molar-refractivity contribution is -0.119. The van der Waals surface area contributed by atoms with E-state index in [1.54, 1.807) is 29.3 Å². The van der Waals surface area contributed by atoms with E-state index in [-0.39, 0.29) is 23.2 Å². The van der Waals surface area contributed by atoms with Crippen LogP contribution in [0.3, 0.4) is 0 Å². The molecule has 4 aromatic rings. The molecule has 0 saturated heterocycles. The molecule has 0 atom stereocenters. The maximum absolute atomic E-state index is 13.2. The van der Waals surface area contributed by atoms with Crippen molar-refractivity contribution < 1.29 is 14.3 Å². The predicted molar refractivity (Wildman–Crippen MR) is 137 cm³/mol. The van der Waals surface area contributed by atoms with E-state index >= 15 is 0 Å². The van der Waals surface area contributed by atoms with Crippen molar-refractivity contribution in [2.45, 2.75) is 0 Å². The van der Waals surface area contributed by atoms with Crippen molar-refractivity contribution in [3.05, 3.63) is 89.2 Å². The third-order valence-corrected chi connectivity index (χ3v) is 5.19. The van der Waals surface area contributed by atoms with E-state index in [9.17, 15) is 4.79 Å². The van der Waals surface area contributed by atoms with Crippen LogP contribution in [-0.2, 0) is 4.79 Å². The Hall–Kier alpha value is -4.64. The Labute approximate surface area is 206 Å². The Morgan fingerprint density at radius 3 is 2.34 bits per heavy atom. The molecule has 1 amide bonds. The first-order chi connectivity index (χ1) is 17.1. The number of aromatic nitrogens is 3. The van der Waals surface area contributed by atoms with Gasteiger partial charge in [-0.15, -0.1) is 5.10 Å². The van der Waals surface area contributed by atoms with Crippen molar-refractivity contribution in [2.24, 2.45) is 5.10 Å². The van der Waals surface area contributed by atoms with Crippen molar-refractivity contribution in [3.63, 3.8) is 0 Å². The number of aromatic amines is 1. The van der Waals surface area contributed by atoms with E-state index in [4.69, 9.17) is 27.5 Å². The summed E-state index contributed by atoms with van der Waals surface area (Å²) in [5, 5.41) is 10.6. The monoisotopic (exact) mass is 489 g/mol. The number of nitrogens with two attached hydrogens (primary N) is 1. The van der Waals surface area contributed by atoms with Crippen molar-refractivity contribution >= 4 is 41.7 Å². The van der Waals surface area contributed by atoms with Gasteiger partial charge in [0.1, 0.15) is 0 Å². The molecule has 178 valence electrons. The molecule has 0 aliphatic carbocycles. The van der Waals surface area contributed by atoms with E-state index in [0.29, 0.717) is 11.5 Å². The fraction of sp³-hybridized carbons (Fsp3) is 0.0833. The highest BCUT2D eigenvalue weighted by Crippen LogP contribution is 2.29. The first-order valence-corrected chi connectivity index (χ1v) is 10.9. The standard InChI is InChI=1S/C24H23N7O3S/c1-33-21-14-17(15-26-27-23-28-29-24(35)31(23)25)12-13-20(21)34-16-22(32)30(18-8-4-2-5-9-18)19-10-6-3-7-11-19/h2-15H,16,25H2,1H3,(H,27,28)(H,29,35)/b26-15-. The lowest BCUT2D eigenvalue weighted by Gasteiger charge is -2.23. The molecule has 0 spiro atoms. The summed E-state index contributed by atoms with van der Waals surface area (Å²) in [5.41, 5.74) is 4.91. The number of nitrogens with one attached hydrogen (secondary N) is 2. The quantitative estimate of drug-likeness (QED) is 0.141. The summed E-state index contributed by atoms with van der Waals surface area (Å²) in [4.78, 5) is 14.8. The maximum Gasteiger partial charge on any atom is 0.269 e. The number of hydrazone groups is 1. The van der Waals surface area contributed by atoms with Gasteiger partial charge in [0, 0.05) is 11.4 Å². The number of rotatable bonds is 9. The predicted octanol–water partition coefficient (Wildman–Crippen LogP) is 3.85. The van der Waals surface area contributed by atoms with Crippen LogP contribution in [0.1, 0.15) is 5.56 Å². The van der Waals surface area contributed by atoms with Gasteiger partial charge in [-0.2, -0.15) is 9.78 Å². The van der Waals surface area contributed by atoms with Gasteiger partial charge in [0.15, 0.2) is 18.1 Å². The van der Waals surface area contributed by atoms with Crippen molar-refractivity contribution in [1.82, 2.24) is 14.9 Å². The van der Waals surface area contributed by atoms with Gasteiger partial charge in [0.2, 0.25) is 4.77 Å². The minimum Gasteiger partial charge on any atom is -0.493 e. The van der Waals surface area contributed by atoms with Gasteiger partial charge in [-0.25, -0.2) is 10.5 Å². The highest BCUT2D eigenvalue weighted by Gasteiger charge is 2.19. The first kappa shape index (κ1) is 23.5. The van der Waals surface area contributed by atoms with Crippen LogP contribution in [0.25, 0.3) is 0 Å². The second kappa shape index (κ2) is 11.0. The van der Waals surface area contributed by atoms with E-state index in [1.807, 2.05) is 60.7 Å². The Balaban J connectivity index is 1.46. The minimum atomic E-state index is -0.227. The number of amides is 1. The fourth-order valence-corrected chi connectivity index (χ4v) is 3.36. The summed E-state index contributed by atoms with van der Waals surface area (Å²) in [5.74, 6) is 6.63. The van der Waals surface area contributed by atoms with Gasteiger partial charge in [-0.1, -0.05) is 36.4 Å². The first-order valence-electron chi connectivity index (χ1n) is 10.5. The molecule has 0 radical (unpaired) electrons. The molecule has 4 N–H and O–H groups in total. The minimum absolute atomic E-state index is 0.186. The Morgan fingerprint density at radius 2 is 1.77 bits per heavy atom. The summed E-state index contributed by atoms with van der Waals surface area (Å²) in [6, 6.07) is 24.0. The molecule has 0 fully saturated rings. The van der Waals surface area contributed by atoms with Crippen LogP contribution in [-0.4, -0.2) is 40.7 Å². The number of benzene rings is 3. The molecule has 3 aromatic carbocycles. The molecular weight excluding hydrogens is 466 g/mol. The number of nitrogens with zero attached hydrogens (tertiary/aromatic N) is 4. The summed E-state index contributed by atoms with van der Waals surface area (Å²) >= 11 is 4.95. The third-order valence-electron chi connectivity index (χ3n) is 4.90. The number of carbonyl (C=O) groups excluding carboxylic acids is 1. The highest BCUT2D eigenvalue weighted by atomic mass is 32.1. The molecule has 11 heteroatoms. The van der Waals surface area contributed by atoms with Gasteiger partial charge in [0.05, 0.1) is 13.3 Å². The number of H-pyrrole nitrogens is 1. The Kier molecular flexibility index (Phi) is 7.38. The highest BCUT2D eigenvalue weighted by molar-refractivity contribution is 7.71. The lowest BCUT2D eigenvalue weighted by Crippen LogP contribution is -2.30. The van der Waals surface area contributed by atoms with Gasteiger partial charge in [-0.05, 0) is 60.2 Å². The van der Waals surface area contributed by atoms with Crippen molar-refractivity contribution in [2.75, 3.05) is 29.9 Å². The molecule has 1 heterocycles. The van der Waals surface area contributed by atoms with E-state index in [2.05, 4.69) is 20.7 Å². The molecule has 4 rings (SSSR count). The molecule has 10 nitrogen and oxygen atoms in total. The summed E-state index contributed by atoms with van der Waals surface area (Å²) in [6.45, 7) is -0.186. The van der Waals surface area contributed by atoms with Gasteiger partial charge < -0.3 is 15.3 Å². The topological polar surface area (TPSA) is 123 Å². The number of hydrogen-bond acceptors (Lipinski definition) is 8. The molecule has 35 heavy (non-hydrogen) atoms. The average molecular weight is 490 g/mol. The van der Waals surface area contributed by atoms with Crippen LogP contribution in [0.4, 0.5) is 17.3 Å². The van der Waals surface area contributed by atoms with Gasteiger partial charge in [-0.3, -0.25) is 9.69 Å². The maximum atomic E-state index is 13.2. The zero-order chi connectivity index (χ0) is 24.6. The lowest BCUT2D eigenvalue weighted by atomic mass is 10.2. The number of carbonyl (C=O) groups is 1. The van der Waals surface area contributed by atoms with Gasteiger partial charge in [0.25, 0.3) is 11.9 Å². The summed E-state index contributed by atoms with van der Waals surface area (Å²) in [6.07, 6.45) is 1.56. The van der Waals surface area contributed by atoms with E-state index in [1.165, 1.54) is 7.11 Å². The fourth-order valence-electron chi connectivity index (χ4n) is 3.23. The zero-order valence-electron chi connectivity index (χ0n) is 18.8. The van der Waals surface area contributed by atoms with Crippen molar-refractivity contribution in [1.29, 1.82) is 0 Å². The third kappa shape index (κ3) is 5.65. The SMILES string of the molecule is COc1cc(/C=N\Nc2n[nH]c(=S)n2N)ccc1OCC(=O)N(c1ccccc1)c1ccccc1. The molecule has 0 saturated carbocycles. The smallest absolute Gasteiger partial charge is 0.269 e. The number of para-hydroxylation sites is 2. The summed E-state index contributed by atoms with van der Waals surface area (Å²) < 4.78 is 12.7. The van der Waals surface area contributed by atoms with Crippen LogP contribution in [0, 0.1) is 4.77 Å². The largest absolute Gasteiger partial charge is 0.493 e. The molecule has 0 aliphatic heterocycles. The zero-order valence-corrected chi connectivity index (χ0v) is 19.6. The molecular formula is C24H23N7O3S. The van der Waals surface area contributed by atoms with Crippen molar-refractivity contribution in [3.8, 4) is 11.5 Å². The summed E-state index contributed by atoms with van der Waals surface area (Å²) in [7, 11) is 1.52. The molecule has 0 bridgehead atoms. The Morgan fingerprint density at radius 1 is 1.11 bits per heavy atom. The van der Waals surface area contributed by atoms with E-state index < -0.39 is 0 Å². The average Bonchev–Trinajstić information content (AvgIpc) is 3.21. The van der Waals surface area contributed by atoms with E-state index in [0.717, 1.165) is 21.6 Å². The number of anilines is 3. The molecule has 1 aromatic heterocycles. The second-order valence-corrected chi connectivity index (χ2v) is 7.58. The van der Waals surface area contributed by atoms with Crippen LogP contribution in [0.15, 0.2) is 84.0 Å². The van der Waals surface area contributed by atoms with Crippen LogP contribution >= 0.6 is 12.2 Å². The number of methoxy groups -OCH3 is 1. The normalized spacial score (nSPS) is 10.8. The molecule has 0 aliphatic rings. The number of nitrogen functional groups attached to an aromatic ring is 1. The number of hydrogen-bond donors (Lipinski definition) is 3. The molecule has 0 unspecified atom stereocenters. The Bertz CT molecular complexity index is 1330. The number of ether oxygens (including phenoxy) is 2. The van der Waals surface area contributed by atoms with Crippen LogP contribution in [0.5, 0.6) is 11.5 Å². The van der Waals surface area contributed by atoms with Crippen LogP contribution < -0.4 is 25.6 Å². The second-order valence-electron chi connectivity index (χ2n) is 7.19. The van der Waals surface area contributed by atoms with Gasteiger partial charge >= 0.3 is 0 Å². The van der Waals surface area contributed by atoms with Crippen LogP contribution in [0.2, 0.25) is 0 Å².